The number of rotatable bonds is 6. The Morgan fingerprint density at radius 1 is 1.25 bits per heavy atom. The van der Waals surface area contributed by atoms with Crippen LogP contribution in [-0.4, -0.2) is 27.8 Å². The van der Waals surface area contributed by atoms with E-state index in [0.717, 1.165) is 21.9 Å². The number of aromatic nitrogens is 2. The first-order chi connectivity index (χ1) is 11.7. The van der Waals surface area contributed by atoms with Gasteiger partial charge in [0.25, 0.3) is 0 Å². The molecule has 2 aromatic carbocycles. The molecule has 0 radical (unpaired) electrons. The lowest BCUT2D eigenvalue weighted by Crippen LogP contribution is -2.25. The van der Waals surface area contributed by atoms with Gasteiger partial charge in [-0.2, -0.15) is 0 Å². The lowest BCUT2D eigenvalue weighted by molar-refractivity contribution is -0.118. The fourth-order valence-electron chi connectivity index (χ4n) is 2.41. The lowest BCUT2D eigenvalue weighted by atomic mass is 10.2. The van der Waals surface area contributed by atoms with E-state index in [0.29, 0.717) is 12.3 Å². The van der Waals surface area contributed by atoms with Crippen molar-refractivity contribution in [2.45, 2.75) is 12.1 Å². The summed E-state index contributed by atoms with van der Waals surface area (Å²) in [6.07, 6.45) is 1.67. The molecule has 0 saturated carbocycles. The van der Waals surface area contributed by atoms with Gasteiger partial charge in [0.1, 0.15) is 0 Å². The molecular weight excluding hydrogens is 318 g/mol. The van der Waals surface area contributed by atoms with Crippen LogP contribution in [0.3, 0.4) is 0 Å². The molecule has 0 spiro atoms. The Kier molecular flexibility index (Phi) is 5.01. The highest BCUT2D eigenvalue weighted by atomic mass is 32.2. The molecule has 1 amide bonds. The molecule has 5 heteroatoms. The Labute approximate surface area is 145 Å². The third kappa shape index (κ3) is 3.51. The van der Waals surface area contributed by atoms with E-state index in [1.165, 1.54) is 17.3 Å². The Morgan fingerprint density at radius 2 is 2.00 bits per heavy atom. The largest absolute Gasteiger partial charge is 0.352 e. The summed E-state index contributed by atoms with van der Waals surface area (Å²) >= 11 is 1.44. The molecular formula is C19H19N3OS. The number of imidazole rings is 1. The smallest absolute Gasteiger partial charge is 0.230 e. The number of para-hydroxylation sites is 2. The summed E-state index contributed by atoms with van der Waals surface area (Å²) in [5, 5.41) is 3.60. The average molecular weight is 337 g/mol. The van der Waals surface area contributed by atoms with Gasteiger partial charge in [-0.25, -0.2) is 4.98 Å². The minimum Gasteiger partial charge on any atom is -0.352 e. The van der Waals surface area contributed by atoms with Crippen LogP contribution in [0.2, 0.25) is 0 Å². The van der Waals surface area contributed by atoms with Crippen LogP contribution < -0.4 is 5.32 Å². The number of hydrogen-bond acceptors (Lipinski definition) is 3. The predicted octanol–water partition coefficient (Wildman–Crippen LogP) is 3.73. The van der Waals surface area contributed by atoms with Crippen LogP contribution in [0.25, 0.3) is 16.7 Å². The summed E-state index contributed by atoms with van der Waals surface area (Å²) in [6, 6.07) is 16.3. The second kappa shape index (κ2) is 7.36. The Hall–Kier alpha value is -2.53. The molecule has 122 valence electrons. The van der Waals surface area contributed by atoms with Crippen LogP contribution in [0.4, 0.5) is 0 Å². The summed E-state index contributed by atoms with van der Waals surface area (Å²) in [4.78, 5) is 16.6. The molecule has 0 aliphatic rings. The van der Waals surface area contributed by atoms with E-state index >= 15 is 0 Å². The molecule has 0 atom stereocenters. The number of hydrogen-bond donors (Lipinski definition) is 1. The zero-order valence-corrected chi connectivity index (χ0v) is 14.3. The van der Waals surface area contributed by atoms with Crippen molar-refractivity contribution < 1.29 is 4.79 Å². The number of carbonyl (C=O) groups excluding carboxylic acids is 1. The molecule has 1 heterocycles. The highest BCUT2D eigenvalue weighted by molar-refractivity contribution is 7.99. The van der Waals surface area contributed by atoms with Crippen molar-refractivity contribution in [3.63, 3.8) is 0 Å². The van der Waals surface area contributed by atoms with Crippen molar-refractivity contribution in [3.8, 4) is 5.69 Å². The molecule has 0 bridgehead atoms. The lowest BCUT2D eigenvalue weighted by Gasteiger charge is -2.09. The van der Waals surface area contributed by atoms with Crippen molar-refractivity contribution in [3.05, 3.63) is 66.7 Å². The minimum atomic E-state index is -0.0255. The van der Waals surface area contributed by atoms with E-state index in [-0.39, 0.29) is 5.91 Å². The predicted molar refractivity (Wildman–Crippen MR) is 99.7 cm³/mol. The monoisotopic (exact) mass is 337 g/mol. The third-order valence-corrected chi connectivity index (χ3v) is 4.54. The summed E-state index contributed by atoms with van der Waals surface area (Å²) in [6.45, 7) is 6.15. The van der Waals surface area contributed by atoms with E-state index in [4.69, 9.17) is 0 Å². The fraction of sp³-hybridized carbons (Fsp3) is 0.158. The van der Waals surface area contributed by atoms with Crippen molar-refractivity contribution in [2.75, 3.05) is 12.3 Å². The van der Waals surface area contributed by atoms with Crippen molar-refractivity contribution in [2.24, 2.45) is 0 Å². The zero-order chi connectivity index (χ0) is 16.9. The third-order valence-electron chi connectivity index (χ3n) is 3.60. The van der Waals surface area contributed by atoms with Crippen molar-refractivity contribution in [1.29, 1.82) is 0 Å². The standard InChI is InChI=1S/C19H19N3OS/c1-3-12-20-18(23)13-24-19-21-16-6-4-5-7-17(16)22(19)15-10-8-14(2)9-11-15/h3-11H,1,12-13H2,2H3,(H,20,23). The van der Waals surface area contributed by atoms with Gasteiger partial charge in [-0.1, -0.05) is 47.7 Å². The van der Waals surface area contributed by atoms with E-state index in [1.807, 2.05) is 24.3 Å². The molecule has 4 nitrogen and oxygen atoms in total. The Bertz CT molecular complexity index is 868. The van der Waals surface area contributed by atoms with Gasteiger partial charge in [0.15, 0.2) is 5.16 Å². The van der Waals surface area contributed by atoms with Crippen LogP contribution in [0.5, 0.6) is 0 Å². The maximum atomic E-state index is 11.9. The molecule has 1 N–H and O–H groups in total. The van der Waals surface area contributed by atoms with Crippen LogP contribution in [0.1, 0.15) is 5.56 Å². The number of nitrogens with one attached hydrogen (secondary N) is 1. The van der Waals surface area contributed by atoms with E-state index in [1.54, 1.807) is 6.08 Å². The van der Waals surface area contributed by atoms with Gasteiger partial charge < -0.3 is 5.32 Å². The molecule has 0 aliphatic heterocycles. The number of amides is 1. The maximum Gasteiger partial charge on any atom is 0.230 e. The van der Waals surface area contributed by atoms with Gasteiger partial charge in [-0.15, -0.1) is 6.58 Å². The van der Waals surface area contributed by atoms with Gasteiger partial charge in [-0.3, -0.25) is 9.36 Å². The number of nitrogens with zero attached hydrogens (tertiary/aromatic N) is 2. The highest BCUT2D eigenvalue weighted by Crippen LogP contribution is 2.28. The molecule has 3 rings (SSSR count). The SMILES string of the molecule is C=CCNC(=O)CSc1nc2ccccc2n1-c1ccc(C)cc1. The van der Waals surface area contributed by atoms with E-state index < -0.39 is 0 Å². The number of benzene rings is 2. The first-order valence-corrected chi connectivity index (χ1v) is 8.72. The van der Waals surface area contributed by atoms with Gasteiger partial charge in [0.2, 0.25) is 5.91 Å². The molecule has 0 fully saturated rings. The number of thioether (sulfide) groups is 1. The molecule has 0 saturated heterocycles. The highest BCUT2D eigenvalue weighted by Gasteiger charge is 2.14. The molecule has 1 aromatic heterocycles. The van der Waals surface area contributed by atoms with Crippen molar-refractivity contribution >= 4 is 28.7 Å². The first kappa shape index (κ1) is 16.3. The summed E-state index contributed by atoms with van der Waals surface area (Å²) in [7, 11) is 0. The van der Waals surface area contributed by atoms with Gasteiger partial charge in [0.05, 0.1) is 16.8 Å². The first-order valence-electron chi connectivity index (χ1n) is 7.74. The zero-order valence-electron chi connectivity index (χ0n) is 13.5. The normalized spacial score (nSPS) is 10.7. The van der Waals surface area contributed by atoms with Crippen LogP contribution >= 0.6 is 11.8 Å². The minimum absolute atomic E-state index is 0.0255. The van der Waals surface area contributed by atoms with Crippen LogP contribution in [-0.2, 0) is 4.79 Å². The number of carbonyl (C=O) groups is 1. The quantitative estimate of drug-likeness (QED) is 0.551. The van der Waals surface area contributed by atoms with E-state index in [2.05, 4.69) is 52.6 Å². The van der Waals surface area contributed by atoms with Crippen LogP contribution in [0, 0.1) is 6.92 Å². The Balaban J connectivity index is 1.94. The molecule has 0 unspecified atom stereocenters. The summed E-state index contributed by atoms with van der Waals surface area (Å²) < 4.78 is 2.10. The second-order valence-corrected chi connectivity index (χ2v) is 6.38. The topological polar surface area (TPSA) is 46.9 Å². The van der Waals surface area contributed by atoms with E-state index in [9.17, 15) is 4.79 Å². The molecule has 3 aromatic rings. The summed E-state index contributed by atoms with van der Waals surface area (Å²) in [5.41, 5.74) is 4.21. The van der Waals surface area contributed by atoms with Gasteiger partial charge in [-0.05, 0) is 31.2 Å². The average Bonchev–Trinajstić information content (AvgIpc) is 2.97. The van der Waals surface area contributed by atoms with Gasteiger partial charge >= 0.3 is 0 Å². The second-order valence-electron chi connectivity index (χ2n) is 5.44. The summed E-state index contributed by atoms with van der Waals surface area (Å²) in [5.74, 6) is 0.297. The Morgan fingerprint density at radius 3 is 2.75 bits per heavy atom. The van der Waals surface area contributed by atoms with Crippen LogP contribution in [0.15, 0.2) is 66.3 Å². The number of fused-ring (bicyclic) bond motifs is 1. The fourth-order valence-corrected chi connectivity index (χ4v) is 3.27. The molecule has 24 heavy (non-hydrogen) atoms. The molecule has 0 aliphatic carbocycles. The van der Waals surface area contributed by atoms with Gasteiger partial charge in [0, 0.05) is 12.2 Å². The van der Waals surface area contributed by atoms with Crippen molar-refractivity contribution in [1.82, 2.24) is 14.9 Å². The number of aryl methyl sites for hydroxylation is 1. The maximum absolute atomic E-state index is 11.9.